The predicted octanol–water partition coefficient (Wildman–Crippen LogP) is 0.836. The van der Waals surface area contributed by atoms with Crippen molar-refractivity contribution in [2.24, 2.45) is 0 Å². The minimum Gasteiger partial charge on any atom is -0.383 e. The Kier molecular flexibility index (Phi) is 3.68. The molecule has 3 rings (SSSR count). The summed E-state index contributed by atoms with van der Waals surface area (Å²) < 4.78 is 7.76. The molecule has 23 heavy (non-hydrogen) atoms. The molecule has 0 unspecified atom stereocenters. The molecule has 7 heteroatoms. The second-order valence-corrected chi connectivity index (χ2v) is 5.16. The van der Waals surface area contributed by atoms with Gasteiger partial charge in [0.05, 0.1) is 18.5 Å². The summed E-state index contributed by atoms with van der Waals surface area (Å²) in [7, 11) is 1.52. The topological polar surface area (TPSA) is 89.4 Å². The smallest absolute Gasteiger partial charge is 0.270 e. The average Bonchev–Trinajstić information content (AvgIpc) is 2.55. The summed E-state index contributed by atoms with van der Waals surface area (Å²) in [5.41, 5.74) is 0.714. The van der Waals surface area contributed by atoms with Crippen LogP contribution < -0.4 is 11.1 Å². The number of nitrogens with zero attached hydrogens (tertiary/aromatic N) is 4. The van der Waals surface area contributed by atoms with E-state index in [9.17, 15) is 9.59 Å². The number of rotatable bonds is 3. The van der Waals surface area contributed by atoms with Gasteiger partial charge in [0, 0.05) is 13.3 Å². The van der Waals surface area contributed by atoms with Gasteiger partial charge >= 0.3 is 0 Å². The zero-order chi connectivity index (χ0) is 16.6. The largest absolute Gasteiger partial charge is 0.383 e. The van der Waals surface area contributed by atoms with Gasteiger partial charge in [-0.3, -0.25) is 18.6 Å². The molecular formula is C16H14N4O3. The summed E-state index contributed by atoms with van der Waals surface area (Å²) in [6.45, 7) is 2.34. The van der Waals surface area contributed by atoms with E-state index in [1.165, 1.54) is 22.1 Å². The Labute approximate surface area is 131 Å². The molecule has 3 heterocycles. The fraction of sp³-hybridized carbons (Fsp3) is 0.250. The highest BCUT2D eigenvalue weighted by molar-refractivity contribution is 5.78. The molecule has 0 spiro atoms. The van der Waals surface area contributed by atoms with Gasteiger partial charge in [-0.15, -0.1) is 0 Å². The van der Waals surface area contributed by atoms with E-state index in [-0.39, 0.29) is 35.3 Å². The second kappa shape index (κ2) is 5.66. The van der Waals surface area contributed by atoms with E-state index >= 15 is 0 Å². The number of nitriles is 1. The number of hydrogen-bond donors (Lipinski definition) is 0. The van der Waals surface area contributed by atoms with Crippen LogP contribution in [-0.2, 0) is 11.3 Å². The van der Waals surface area contributed by atoms with Gasteiger partial charge < -0.3 is 4.74 Å². The van der Waals surface area contributed by atoms with Crippen LogP contribution in [0.15, 0.2) is 34.0 Å². The lowest BCUT2D eigenvalue weighted by atomic mass is 10.2. The van der Waals surface area contributed by atoms with Gasteiger partial charge in [-0.05, 0) is 24.6 Å². The van der Waals surface area contributed by atoms with E-state index < -0.39 is 5.56 Å². The van der Waals surface area contributed by atoms with Gasteiger partial charge in [0.1, 0.15) is 17.3 Å². The van der Waals surface area contributed by atoms with Crippen molar-refractivity contribution in [2.45, 2.75) is 13.5 Å². The van der Waals surface area contributed by atoms with E-state index in [1.54, 1.807) is 12.3 Å². The molecule has 116 valence electrons. The monoisotopic (exact) mass is 310 g/mol. The Morgan fingerprint density at radius 1 is 1.30 bits per heavy atom. The molecule has 0 saturated heterocycles. The lowest BCUT2D eigenvalue weighted by molar-refractivity contribution is 0.187. The van der Waals surface area contributed by atoms with Crippen molar-refractivity contribution in [3.8, 4) is 6.07 Å². The molecule has 0 aromatic carbocycles. The van der Waals surface area contributed by atoms with Crippen LogP contribution >= 0.6 is 0 Å². The number of hydrogen-bond acceptors (Lipinski definition) is 5. The number of fused-ring (bicyclic) bond motifs is 2. The highest BCUT2D eigenvalue weighted by Crippen LogP contribution is 2.12. The Morgan fingerprint density at radius 3 is 2.78 bits per heavy atom. The molecule has 0 saturated carbocycles. The van der Waals surface area contributed by atoms with Crippen LogP contribution in [0.3, 0.4) is 0 Å². The molecule has 0 aliphatic rings. The lowest BCUT2D eigenvalue weighted by Gasteiger charge is -2.11. The maximum absolute atomic E-state index is 12.7. The van der Waals surface area contributed by atoms with E-state index in [0.29, 0.717) is 5.65 Å². The van der Waals surface area contributed by atoms with Crippen LogP contribution in [0.4, 0.5) is 0 Å². The van der Waals surface area contributed by atoms with E-state index in [2.05, 4.69) is 4.98 Å². The first kappa shape index (κ1) is 14.9. The van der Waals surface area contributed by atoms with Crippen LogP contribution in [0.1, 0.15) is 11.1 Å². The maximum atomic E-state index is 12.7. The van der Waals surface area contributed by atoms with Gasteiger partial charge in [-0.2, -0.15) is 5.26 Å². The first-order valence-electron chi connectivity index (χ1n) is 7.03. The number of aryl methyl sites for hydroxylation is 1. The van der Waals surface area contributed by atoms with Crippen molar-refractivity contribution in [1.29, 1.82) is 5.26 Å². The van der Waals surface area contributed by atoms with Crippen LogP contribution in [0.25, 0.3) is 16.7 Å². The van der Waals surface area contributed by atoms with E-state index in [4.69, 9.17) is 10.00 Å². The Balaban J connectivity index is 2.53. The second-order valence-electron chi connectivity index (χ2n) is 5.16. The van der Waals surface area contributed by atoms with Gasteiger partial charge in [0.15, 0.2) is 5.65 Å². The van der Waals surface area contributed by atoms with Crippen LogP contribution in [-0.4, -0.2) is 27.7 Å². The van der Waals surface area contributed by atoms with Crippen LogP contribution in [0.5, 0.6) is 0 Å². The lowest BCUT2D eigenvalue weighted by Crippen LogP contribution is -2.28. The Morgan fingerprint density at radius 2 is 2.09 bits per heavy atom. The third-order valence-electron chi connectivity index (χ3n) is 3.72. The Hall–Kier alpha value is -2.98. The highest BCUT2D eigenvalue weighted by atomic mass is 16.5. The molecule has 7 nitrogen and oxygen atoms in total. The SMILES string of the molecule is COCCn1c(=O)c(C#N)cc2c(=O)n3cccc(C)c3nc21. The van der Waals surface area contributed by atoms with Crippen molar-refractivity contribution in [3.63, 3.8) is 0 Å². The standard InChI is InChI=1S/C16H14N4O3/c1-10-4-3-5-19-13(10)18-14-12(16(19)22)8-11(9-17)15(21)20(14)6-7-23-2/h3-5,8H,6-7H2,1-2H3. The van der Waals surface area contributed by atoms with Gasteiger partial charge in [-0.1, -0.05) is 6.07 Å². The third-order valence-corrected chi connectivity index (χ3v) is 3.72. The van der Waals surface area contributed by atoms with Gasteiger partial charge in [-0.25, -0.2) is 4.98 Å². The molecule has 0 atom stereocenters. The molecule has 0 amide bonds. The molecule has 0 aliphatic carbocycles. The molecule has 0 N–H and O–H groups in total. The molecule has 3 aromatic heterocycles. The fourth-order valence-corrected chi connectivity index (χ4v) is 2.55. The number of methoxy groups -OCH3 is 1. The minimum absolute atomic E-state index is 0.0832. The van der Waals surface area contributed by atoms with E-state index in [0.717, 1.165) is 5.56 Å². The highest BCUT2D eigenvalue weighted by Gasteiger charge is 2.15. The number of pyridine rings is 2. The summed E-state index contributed by atoms with van der Waals surface area (Å²) >= 11 is 0. The molecule has 0 fully saturated rings. The summed E-state index contributed by atoms with van der Waals surface area (Å²) in [5, 5.41) is 9.39. The average molecular weight is 310 g/mol. The van der Waals surface area contributed by atoms with Crippen molar-refractivity contribution in [3.05, 3.63) is 56.2 Å². The Bertz CT molecular complexity index is 1070. The summed E-state index contributed by atoms with van der Waals surface area (Å²) in [4.78, 5) is 29.6. The summed E-state index contributed by atoms with van der Waals surface area (Å²) in [5.74, 6) is 0. The van der Waals surface area contributed by atoms with Crippen LogP contribution in [0.2, 0.25) is 0 Å². The molecule has 0 bridgehead atoms. The first-order valence-corrected chi connectivity index (χ1v) is 7.03. The van der Waals surface area contributed by atoms with Gasteiger partial charge in [0.25, 0.3) is 11.1 Å². The molecule has 0 aliphatic heterocycles. The quantitative estimate of drug-likeness (QED) is 0.669. The zero-order valence-electron chi connectivity index (χ0n) is 12.7. The fourth-order valence-electron chi connectivity index (χ4n) is 2.55. The minimum atomic E-state index is -0.470. The van der Waals surface area contributed by atoms with Crippen molar-refractivity contribution < 1.29 is 4.74 Å². The van der Waals surface area contributed by atoms with E-state index in [1.807, 2.05) is 19.1 Å². The molecule has 0 radical (unpaired) electrons. The van der Waals surface area contributed by atoms with Gasteiger partial charge in [0.2, 0.25) is 0 Å². The van der Waals surface area contributed by atoms with Crippen molar-refractivity contribution in [2.75, 3.05) is 13.7 Å². The summed E-state index contributed by atoms with van der Waals surface area (Å²) in [6.07, 6.45) is 1.62. The van der Waals surface area contributed by atoms with Crippen LogP contribution in [0, 0.1) is 18.3 Å². The van der Waals surface area contributed by atoms with Crippen molar-refractivity contribution >= 4 is 16.7 Å². The number of ether oxygens (including phenoxy) is 1. The molecular weight excluding hydrogens is 296 g/mol. The zero-order valence-corrected chi connectivity index (χ0v) is 12.7. The number of aromatic nitrogens is 3. The van der Waals surface area contributed by atoms with Crippen molar-refractivity contribution in [1.82, 2.24) is 14.0 Å². The maximum Gasteiger partial charge on any atom is 0.270 e. The normalized spacial score (nSPS) is 11.0. The molecule has 3 aromatic rings. The third kappa shape index (κ3) is 2.29. The first-order chi connectivity index (χ1) is 11.1. The summed E-state index contributed by atoms with van der Waals surface area (Å²) in [6, 6.07) is 6.75. The predicted molar refractivity (Wildman–Crippen MR) is 84.6 cm³/mol.